The van der Waals surface area contributed by atoms with E-state index in [0.717, 1.165) is 5.56 Å². The van der Waals surface area contributed by atoms with Crippen LogP contribution >= 0.6 is 22.3 Å². The summed E-state index contributed by atoms with van der Waals surface area (Å²) in [6.07, 6.45) is 0. The molecule has 0 N–H and O–H groups in total. The standard InChI is InChI=1S/C11H14Cl2O3S/c1-7(2)10-5-9(12)4-8(11(10)16-3)6-17(13,14)15/h4-5,7H,6H2,1-3H3. The minimum absolute atomic E-state index is 0.181. The Kier molecular flexibility index (Phi) is 4.69. The summed E-state index contributed by atoms with van der Waals surface area (Å²) in [6.45, 7) is 3.96. The summed E-state index contributed by atoms with van der Waals surface area (Å²) in [6, 6.07) is 3.33. The Labute approximate surface area is 111 Å². The molecule has 0 aliphatic heterocycles. The molecule has 0 radical (unpaired) electrons. The third-order valence-electron chi connectivity index (χ3n) is 2.31. The van der Waals surface area contributed by atoms with E-state index in [1.165, 1.54) is 7.11 Å². The molecule has 3 nitrogen and oxygen atoms in total. The largest absolute Gasteiger partial charge is 0.496 e. The van der Waals surface area contributed by atoms with Crippen LogP contribution in [-0.2, 0) is 14.8 Å². The summed E-state index contributed by atoms with van der Waals surface area (Å²) < 4.78 is 27.5. The molecule has 1 aromatic rings. The van der Waals surface area contributed by atoms with Crippen molar-refractivity contribution in [2.24, 2.45) is 0 Å². The normalized spacial score (nSPS) is 11.9. The van der Waals surface area contributed by atoms with Gasteiger partial charge in [0.25, 0.3) is 0 Å². The Morgan fingerprint density at radius 3 is 2.35 bits per heavy atom. The van der Waals surface area contributed by atoms with E-state index in [-0.39, 0.29) is 11.7 Å². The van der Waals surface area contributed by atoms with Crippen molar-refractivity contribution in [3.63, 3.8) is 0 Å². The molecule has 0 saturated carbocycles. The van der Waals surface area contributed by atoms with E-state index < -0.39 is 9.05 Å². The monoisotopic (exact) mass is 296 g/mol. The molecular weight excluding hydrogens is 283 g/mol. The second-order valence-electron chi connectivity index (χ2n) is 4.03. The molecule has 0 heterocycles. The highest BCUT2D eigenvalue weighted by molar-refractivity contribution is 8.13. The summed E-state index contributed by atoms with van der Waals surface area (Å²) in [4.78, 5) is 0. The number of hydrogen-bond donors (Lipinski definition) is 0. The van der Waals surface area contributed by atoms with Gasteiger partial charge in [0.15, 0.2) is 0 Å². The van der Waals surface area contributed by atoms with Crippen LogP contribution in [0.15, 0.2) is 12.1 Å². The molecule has 0 amide bonds. The van der Waals surface area contributed by atoms with Gasteiger partial charge in [-0.25, -0.2) is 8.42 Å². The van der Waals surface area contributed by atoms with E-state index in [4.69, 9.17) is 27.0 Å². The molecule has 17 heavy (non-hydrogen) atoms. The van der Waals surface area contributed by atoms with Crippen molar-refractivity contribution in [3.8, 4) is 5.75 Å². The topological polar surface area (TPSA) is 43.4 Å². The van der Waals surface area contributed by atoms with Gasteiger partial charge in [0.1, 0.15) is 5.75 Å². The molecule has 1 rings (SSSR count). The second-order valence-corrected chi connectivity index (χ2v) is 7.24. The van der Waals surface area contributed by atoms with E-state index in [2.05, 4.69) is 0 Å². The smallest absolute Gasteiger partial charge is 0.236 e. The SMILES string of the molecule is COc1c(CS(=O)(=O)Cl)cc(Cl)cc1C(C)C. The van der Waals surface area contributed by atoms with Crippen molar-refractivity contribution >= 4 is 31.3 Å². The number of methoxy groups -OCH3 is 1. The van der Waals surface area contributed by atoms with Gasteiger partial charge in [0.05, 0.1) is 12.9 Å². The lowest BCUT2D eigenvalue weighted by Gasteiger charge is -2.16. The van der Waals surface area contributed by atoms with Crippen molar-refractivity contribution in [2.45, 2.75) is 25.5 Å². The van der Waals surface area contributed by atoms with Crippen molar-refractivity contribution < 1.29 is 13.2 Å². The van der Waals surface area contributed by atoms with Gasteiger partial charge in [-0.2, -0.15) is 0 Å². The van der Waals surface area contributed by atoms with Crippen molar-refractivity contribution in [1.82, 2.24) is 0 Å². The lowest BCUT2D eigenvalue weighted by molar-refractivity contribution is 0.404. The highest BCUT2D eigenvalue weighted by atomic mass is 35.7. The number of ether oxygens (including phenoxy) is 1. The molecule has 0 unspecified atom stereocenters. The molecule has 0 spiro atoms. The van der Waals surface area contributed by atoms with E-state index in [1.54, 1.807) is 12.1 Å². The maximum Gasteiger partial charge on any atom is 0.236 e. The average molecular weight is 297 g/mol. The molecule has 0 bridgehead atoms. The van der Waals surface area contributed by atoms with Crippen molar-refractivity contribution in [2.75, 3.05) is 7.11 Å². The first-order valence-corrected chi connectivity index (χ1v) is 7.89. The van der Waals surface area contributed by atoms with Crippen LogP contribution in [0.25, 0.3) is 0 Å². The number of benzene rings is 1. The van der Waals surface area contributed by atoms with Gasteiger partial charge in [0.2, 0.25) is 9.05 Å². The Hall–Kier alpha value is -0.450. The fraction of sp³-hybridized carbons (Fsp3) is 0.455. The highest BCUT2D eigenvalue weighted by Crippen LogP contribution is 2.34. The summed E-state index contributed by atoms with van der Waals surface area (Å²) in [5, 5.41) is 0.477. The summed E-state index contributed by atoms with van der Waals surface area (Å²) in [5.41, 5.74) is 1.36. The fourth-order valence-electron chi connectivity index (χ4n) is 1.64. The zero-order chi connectivity index (χ0) is 13.2. The number of hydrogen-bond acceptors (Lipinski definition) is 3. The molecule has 0 fully saturated rings. The molecule has 96 valence electrons. The summed E-state index contributed by atoms with van der Waals surface area (Å²) >= 11 is 5.96. The van der Waals surface area contributed by atoms with E-state index in [9.17, 15) is 8.42 Å². The molecule has 6 heteroatoms. The summed E-state index contributed by atoms with van der Waals surface area (Å²) in [7, 11) is 3.12. The Balaban J connectivity index is 3.38. The maximum atomic E-state index is 11.1. The average Bonchev–Trinajstić information content (AvgIpc) is 2.14. The lowest BCUT2D eigenvalue weighted by Crippen LogP contribution is -2.03. The zero-order valence-corrected chi connectivity index (χ0v) is 12.2. The first kappa shape index (κ1) is 14.6. The van der Waals surface area contributed by atoms with E-state index in [1.807, 2.05) is 13.8 Å². The summed E-state index contributed by atoms with van der Waals surface area (Å²) in [5.74, 6) is 0.423. The third-order valence-corrected chi connectivity index (χ3v) is 3.51. The van der Waals surface area contributed by atoms with Gasteiger partial charge in [-0.05, 0) is 23.6 Å². The van der Waals surface area contributed by atoms with Crippen LogP contribution in [0.4, 0.5) is 0 Å². The van der Waals surface area contributed by atoms with E-state index in [0.29, 0.717) is 16.3 Å². The van der Waals surface area contributed by atoms with Crippen LogP contribution in [-0.4, -0.2) is 15.5 Å². The van der Waals surface area contributed by atoms with Crippen molar-refractivity contribution in [3.05, 3.63) is 28.3 Å². The molecule has 0 aromatic heterocycles. The molecule has 0 atom stereocenters. The highest BCUT2D eigenvalue weighted by Gasteiger charge is 2.18. The molecule has 0 aliphatic rings. The second kappa shape index (κ2) is 5.46. The first-order valence-electron chi connectivity index (χ1n) is 5.03. The van der Waals surface area contributed by atoms with Gasteiger partial charge >= 0.3 is 0 Å². The quantitative estimate of drug-likeness (QED) is 0.798. The van der Waals surface area contributed by atoms with Gasteiger partial charge in [-0.15, -0.1) is 0 Å². The first-order chi connectivity index (χ1) is 7.74. The fourth-order valence-corrected chi connectivity index (χ4v) is 2.83. The number of halogens is 2. The maximum absolute atomic E-state index is 11.1. The van der Waals surface area contributed by atoms with Crippen LogP contribution in [0.2, 0.25) is 5.02 Å². The Morgan fingerprint density at radius 1 is 1.35 bits per heavy atom. The van der Waals surface area contributed by atoms with Crippen LogP contribution in [0, 0.1) is 0 Å². The lowest BCUT2D eigenvalue weighted by atomic mass is 9.99. The van der Waals surface area contributed by atoms with Gasteiger partial charge < -0.3 is 4.74 Å². The van der Waals surface area contributed by atoms with Gasteiger partial charge in [-0.3, -0.25) is 0 Å². The zero-order valence-electron chi connectivity index (χ0n) is 9.83. The van der Waals surface area contributed by atoms with Crippen LogP contribution in [0.5, 0.6) is 5.75 Å². The van der Waals surface area contributed by atoms with Crippen LogP contribution in [0.1, 0.15) is 30.9 Å². The molecule has 0 aliphatic carbocycles. The minimum atomic E-state index is -3.64. The minimum Gasteiger partial charge on any atom is -0.496 e. The molecular formula is C11H14Cl2O3S. The van der Waals surface area contributed by atoms with Crippen LogP contribution < -0.4 is 4.74 Å². The molecule has 1 aromatic carbocycles. The molecule has 0 saturated heterocycles. The Bertz CT molecular complexity index is 510. The number of rotatable bonds is 4. The van der Waals surface area contributed by atoms with Crippen molar-refractivity contribution in [1.29, 1.82) is 0 Å². The Morgan fingerprint density at radius 2 is 1.94 bits per heavy atom. The van der Waals surface area contributed by atoms with Gasteiger partial charge in [0, 0.05) is 21.3 Å². The predicted molar refractivity (Wildman–Crippen MR) is 70.6 cm³/mol. The predicted octanol–water partition coefficient (Wildman–Crippen LogP) is 3.54. The van der Waals surface area contributed by atoms with E-state index >= 15 is 0 Å². The van der Waals surface area contributed by atoms with Gasteiger partial charge in [-0.1, -0.05) is 25.4 Å². The van der Waals surface area contributed by atoms with Crippen LogP contribution in [0.3, 0.4) is 0 Å². The third kappa shape index (κ3) is 4.05.